The number of benzene rings is 2. The predicted octanol–water partition coefficient (Wildman–Crippen LogP) is 4.04. The minimum absolute atomic E-state index is 0.0740. The van der Waals surface area contributed by atoms with E-state index in [1.54, 1.807) is 6.92 Å². The molecule has 106 valence electrons. The summed E-state index contributed by atoms with van der Waals surface area (Å²) in [5.41, 5.74) is 1.76. The first kappa shape index (κ1) is 14.6. The molecular formula is C18H22O2. The fraction of sp³-hybridized carbons (Fsp3) is 0.333. The second-order valence-corrected chi connectivity index (χ2v) is 5.60. The molecule has 0 saturated heterocycles. The molecule has 0 aromatic heterocycles. The van der Waals surface area contributed by atoms with Crippen molar-refractivity contribution in [3.63, 3.8) is 0 Å². The first-order valence-electron chi connectivity index (χ1n) is 6.97. The summed E-state index contributed by atoms with van der Waals surface area (Å²) < 4.78 is 5.82. The van der Waals surface area contributed by atoms with Crippen molar-refractivity contribution in [2.45, 2.75) is 39.4 Å². The molecule has 0 aliphatic heterocycles. The minimum Gasteiger partial charge on any atom is -0.491 e. The molecular weight excluding hydrogens is 248 g/mol. The molecule has 0 heterocycles. The molecule has 20 heavy (non-hydrogen) atoms. The Morgan fingerprint density at radius 2 is 1.60 bits per heavy atom. The van der Waals surface area contributed by atoms with Gasteiger partial charge >= 0.3 is 0 Å². The van der Waals surface area contributed by atoms with Crippen molar-refractivity contribution < 1.29 is 9.84 Å². The Hall–Kier alpha value is -1.80. The molecule has 1 N–H and O–H groups in total. The number of aliphatic hydroxyl groups is 1. The highest BCUT2D eigenvalue weighted by atomic mass is 16.5. The summed E-state index contributed by atoms with van der Waals surface area (Å²) >= 11 is 0. The lowest BCUT2D eigenvalue weighted by Gasteiger charge is -2.27. The van der Waals surface area contributed by atoms with Gasteiger partial charge in [-0.2, -0.15) is 0 Å². The summed E-state index contributed by atoms with van der Waals surface area (Å²) in [6, 6.07) is 15.6. The quantitative estimate of drug-likeness (QED) is 0.908. The van der Waals surface area contributed by atoms with E-state index in [2.05, 4.69) is 0 Å². The van der Waals surface area contributed by atoms with Crippen molar-refractivity contribution in [1.29, 1.82) is 0 Å². The van der Waals surface area contributed by atoms with Gasteiger partial charge in [0.1, 0.15) is 11.4 Å². The first-order chi connectivity index (χ1) is 9.41. The molecule has 2 aromatic carbocycles. The van der Waals surface area contributed by atoms with Gasteiger partial charge in [-0.3, -0.25) is 0 Å². The highest BCUT2D eigenvalue weighted by Gasteiger charge is 2.29. The van der Waals surface area contributed by atoms with Crippen molar-refractivity contribution in [3.8, 4) is 5.75 Å². The third-order valence-corrected chi connectivity index (χ3v) is 3.39. The summed E-state index contributed by atoms with van der Waals surface area (Å²) in [6.45, 7) is 7.81. The molecule has 0 radical (unpaired) electrons. The summed E-state index contributed by atoms with van der Waals surface area (Å²) in [6.07, 6.45) is 0.0740. The average molecular weight is 270 g/mol. The number of hydrogen-bond donors (Lipinski definition) is 1. The maximum Gasteiger partial charge on any atom is 0.126 e. The molecule has 2 rings (SSSR count). The van der Waals surface area contributed by atoms with Gasteiger partial charge in [0.2, 0.25) is 0 Å². The van der Waals surface area contributed by atoms with E-state index in [4.69, 9.17) is 4.74 Å². The zero-order valence-electron chi connectivity index (χ0n) is 12.6. The summed E-state index contributed by atoms with van der Waals surface area (Å²) in [7, 11) is 0. The van der Waals surface area contributed by atoms with Crippen LogP contribution in [0.25, 0.3) is 0 Å². The van der Waals surface area contributed by atoms with Crippen LogP contribution in [0.3, 0.4) is 0 Å². The van der Waals surface area contributed by atoms with E-state index in [1.807, 2.05) is 69.3 Å². The van der Waals surface area contributed by atoms with Gasteiger partial charge in [-0.15, -0.1) is 0 Å². The smallest absolute Gasteiger partial charge is 0.126 e. The van der Waals surface area contributed by atoms with Gasteiger partial charge in [0.15, 0.2) is 0 Å². The first-order valence-corrected chi connectivity index (χ1v) is 6.97. The normalized spacial score (nSPS) is 14.1. The van der Waals surface area contributed by atoms with E-state index in [9.17, 15) is 5.11 Å². The molecule has 0 bridgehead atoms. The van der Waals surface area contributed by atoms with E-state index >= 15 is 0 Å². The third-order valence-electron chi connectivity index (χ3n) is 3.39. The van der Waals surface area contributed by atoms with Gasteiger partial charge in [0, 0.05) is 5.56 Å². The van der Waals surface area contributed by atoms with Gasteiger partial charge in [0.05, 0.1) is 6.10 Å². The number of aryl methyl sites for hydroxylation is 1. The van der Waals surface area contributed by atoms with Crippen LogP contribution >= 0.6 is 0 Å². The molecule has 0 aliphatic rings. The Bertz CT molecular complexity index is 568. The van der Waals surface area contributed by atoms with Crippen LogP contribution in [0.5, 0.6) is 5.75 Å². The number of para-hydroxylation sites is 1. The van der Waals surface area contributed by atoms with Crippen molar-refractivity contribution in [3.05, 3.63) is 65.2 Å². The van der Waals surface area contributed by atoms with Gasteiger partial charge in [0.25, 0.3) is 0 Å². The van der Waals surface area contributed by atoms with E-state index < -0.39 is 5.60 Å². The molecule has 2 heteroatoms. The Kier molecular flexibility index (Phi) is 4.15. The Labute approximate surface area is 121 Å². The molecule has 0 aliphatic carbocycles. The van der Waals surface area contributed by atoms with E-state index in [0.717, 1.165) is 16.9 Å². The summed E-state index contributed by atoms with van der Waals surface area (Å²) in [5, 5.41) is 11.0. The number of rotatable bonds is 4. The number of hydrogen-bond acceptors (Lipinski definition) is 2. The predicted molar refractivity (Wildman–Crippen MR) is 82.1 cm³/mol. The zero-order valence-corrected chi connectivity index (χ0v) is 12.6. The van der Waals surface area contributed by atoms with Crippen LogP contribution in [-0.4, -0.2) is 11.2 Å². The van der Waals surface area contributed by atoms with Crippen LogP contribution < -0.4 is 4.74 Å². The lowest BCUT2D eigenvalue weighted by atomic mass is 9.87. The fourth-order valence-corrected chi connectivity index (χ4v) is 2.26. The second-order valence-electron chi connectivity index (χ2n) is 5.60. The van der Waals surface area contributed by atoms with Crippen molar-refractivity contribution in [2.24, 2.45) is 0 Å². The van der Waals surface area contributed by atoms with Crippen LogP contribution in [0.1, 0.15) is 37.5 Å². The van der Waals surface area contributed by atoms with Crippen molar-refractivity contribution in [1.82, 2.24) is 0 Å². The average Bonchev–Trinajstić information content (AvgIpc) is 2.39. The molecule has 2 aromatic rings. The summed E-state index contributed by atoms with van der Waals surface area (Å²) in [5.74, 6) is 0.730. The SMILES string of the molecule is Cc1ccc(C(C)(O)c2ccccc2OC(C)C)cc1. The molecule has 0 saturated carbocycles. The molecule has 0 amide bonds. The van der Waals surface area contributed by atoms with Crippen LogP contribution in [0, 0.1) is 6.92 Å². The Balaban J connectivity index is 2.45. The maximum atomic E-state index is 11.0. The van der Waals surface area contributed by atoms with Gasteiger partial charge in [-0.1, -0.05) is 48.0 Å². The van der Waals surface area contributed by atoms with E-state index in [0.29, 0.717) is 0 Å². The highest BCUT2D eigenvalue weighted by Crippen LogP contribution is 2.35. The fourth-order valence-electron chi connectivity index (χ4n) is 2.26. The van der Waals surface area contributed by atoms with Gasteiger partial charge in [-0.05, 0) is 39.3 Å². The largest absolute Gasteiger partial charge is 0.491 e. The summed E-state index contributed by atoms with van der Waals surface area (Å²) in [4.78, 5) is 0. The third kappa shape index (κ3) is 3.02. The van der Waals surface area contributed by atoms with Crippen LogP contribution in [0.2, 0.25) is 0 Å². The molecule has 0 fully saturated rings. The maximum absolute atomic E-state index is 11.0. The van der Waals surface area contributed by atoms with Crippen LogP contribution in [0.4, 0.5) is 0 Å². The minimum atomic E-state index is -1.07. The second kappa shape index (κ2) is 5.68. The Morgan fingerprint density at radius 1 is 1.00 bits per heavy atom. The number of ether oxygens (including phenoxy) is 1. The highest BCUT2D eigenvalue weighted by molar-refractivity contribution is 5.44. The van der Waals surface area contributed by atoms with E-state index in [-0.39, 0.29) is 6.10 Å². The van der Waals surface area contributed by atoms with Gasteiger partial charge in [-0.25, -0.2) is 0 Å². The van der Waals surface area contributed by atoms with Crippen LogP contribution in [0.15, 0.2) is 48.5 Å². The molecule has 1 atom stereocenters. The van der Waals surface area contributed by atoms with Crippen molar-refractivity contribution >= 4 is 0 Å². The van der Waals surface area contributed by atoms with Gasteiger partial charge < -0.3 is 9.84 Å². The van der Waals surface area contributed by atoms with E-state index in [1.165, 1.54) is 5.56 Å². The molecule has 2 nitrogen and oxygen atoms in total. The standard InChI is InChI=1S/C18H22O2/c1-13(2)20-17-8-6-5-7-16(17)18(4,19)15-11-9-14(3)10-12-15/h5-13,19H,1-4H3. The topological polar surface area (TPSA) is 29.5 Å². The van der Waals surface area contributed by atoms with Crippen LogP contribution in [-0.2, 0) is 5.60 Å². The Morgan fingerprint density at radius 3 is 2.20 bits per heavy atom. The molecule has 0 spiro atoms. The molecule has 1 unspecified atom stereocenters. The zero-order chi connectivity index (χ0) is 14.8. The lowest BCUT2D eigenvalue weighted by Crippen LogP contribution is -2.24. The monoisotopic (exact) mass is 270 g/mol. The van der Waals surface area contributed by atoms with Crippen molar-refractivity contribution in [2.75, 3.05) is 0 Å². The lowest BCUT2D eigenvalue weighted by molar-refractivity contribution is 0.0958.